The Hall–Kier alpha value is -2.14. The van der Waals surface area contributed by atoms with Crippen molar-refractivity contribution in [1.82, 2.24) is 15.0 Å². The molecule has 1 amide bonds. The summed E-state index contributed by atoms with van der Waals surface area (Å²) >= 11 is 0. The number of benzene rings is 1. The van der Waals surface area contributed by atoms with E-state index in [-0.39, 0.29) is 5.91 Å². The molecule has 0 N–H and O–H groups in total. The SMILES string of the molecule is Cc1cc(CN(C)C2CCC(=O)N(Cc3ccccc3)CC2)on1. The number of rotatable bonds is 5. The molecule has 0 radical (unpaired) electrons. The fraction of sp³-hybridized carbons (Fsp3) is 0.474. The minimum absolute atomic E-state index is 0.255. The molecule has 5 nitrogen and oxygen atoms in total. The largest absolute Gasteiger partial charge is 0.360 e. The number of hydrogen-bond acceptors (Lipinski definition) is 4. The van der Waals surface area contributed by atoms with E-state index in [9.17, 15) is 4.79 Å². The van der Waals surface area contributed by atoms with Crippen molar-refractivity contribution < 1.29 is 9.32 Å². The molecule has 1 aromatic heterocycles. The van der Waals surface area contributed by atoms with Gasteiger partial charge in [0.2, 0.25) is 5.91 Å². The molecular weight excluding hydrogens is 302 g/mol. The molecule has 0 saturated carbocycles. The predicted octanol–water partition coefficient (Wildman–Crippen LogP) is 3.00. The molecule has 5 heteroatoms. The van der Waals surface area contributed by atoms with Crippen molar-refractivity contribution in [3.05, 3.63) is 53.4 Å². The quantitative estimate of drug-likeness (QED) is 0.847. The molecule has 1 fully saturated rings. The maximum absolute atomic E-state index is 12.4. The van der Waals surface area contributed by atoms with Gasteiger partial charge in [0.1, 0.15) is 0 Å². The summed E-state index contributed by atoms with van der Waals surface area (Å²) in [4.78, 5) is 16.7. The zero-order valence-electron chi connectivity index (χ0n) is 14.4. The van der Waals surface area contributed by atoms with Gasteiger partial charge in [0.05, 0.1) is 12.2 Å². The third kappa shape index (κ3) is 4.23. The molecule has 3 rings (SSSR count). The highest BCUT2D eigenvalue weighted by molar-refractivity contribution is 5.76. The highest BCUT2D eigenvalue weighted by Gasteiger charge is 2.25. The highest BCUT2D eigenvalue weighted by Crippen LogP contribution is 2.20. The molecule has 1 saturated heterocycles. The van der Waals surface area contributed by atoms with Crippen molar-refractivity contribution in [3.8, 4) is 0 Å². The number of carbonyl (C=O) groups is 1. The maximum atomic E-state index is 12.4. The summed E-state index contributed by atoms with van der Waals surface area (Å²) in [6.45, 7) is 4.17. The summed E-state index contributed by atoms with van der Waals surface area (Å²) < 4.78 is 5.31. The molecule has 128 valence electrons. The van der Waals surface area contributed by atoms with Crippen molar-refractivity contribution in [2.24, 2.45) is 0 Å². The van der Waals surface area contributed by atoms with Gasteiger partial charge in [-0.1, -0.05) is 35.5 Å². The molecule has 1 aliphatic heterocycles. The summed E-state index contributed by atoms with van der Waals surface area (Å²) in [5.74, 6) is 1.14. The lowest BCUT2D eigenvalue weighted by molar-refractivity contribution is -0.131. The van der Waals surface area contributed by atoms with Crippen LogP contribution in [0.5, 0.6) is 0 Å². The van der Waals surface area contributed by atoms with Crippen molar-refractivity contribution in [2.75, 3.05) is 13.6 Å². The van der Waals surface area contributed by atoms with Crippen LogP contribution < -0.4 is 0 Å². The predicted molar refractivity (Wildman–Crippen MR) is 92.2 cm³/mol. The summed E-state index contributed by atoms with van der Waals surface area (Å²) in [6, 6.07) is 12.6. The van der Waals surface area contributed by atoms with Gasteiger partial charge >= 0.3 is 0 Å². The van der Waals surface area contributed by atoms with Crippen LogP contribution in [0.1, 0.15) is 36.3 Å². The normalized spacial score (nSPS) is 18.9. The van der Waals surface area contributed by atoms with Crippen LogP contribution in [0, 0.1) is 6.92 Å². The molecule has 0 aliphatic carbocycles. The van der Waals surface area contributed by atoms with Crippen LogP contribution in [-0.4, -0.2) is 40.5 Å². The number of nitrogens with zero attached hydrogens (tertiary/aromatic N) is 3. The molecule has 0 spiro atoms. The molecule has 24 heavy (non-hydrogen) atoms. The first-order valence-corrected chi connectivity index (χ1v) is 8.56. The second-order valence-corrected chi connectivity index (χ2v) is 6.63. The topological polar surface area (TPSA) is 49.6 Å². The lowest BCUT2D eigenvalue weighted by Crippen LogP contribution is -2.33. The Labute approximate surface area is 143 Å². The standard InChI is InChI=1S/C19H25N3O2/c1-15-12-18(24-20-15)14-21(2)17-8-9-19(23)22(11-10-17)13-16-6-4-3-5-7-16/h3-7,12,17H,8-11,13-14H2,1-2H3. The van der Waals surface area contributed by atoms with E-state index in [1.165, 1.54) is 5.56 Å². The summed E-state index contributed by atoms with van der Waals surface area (Å²) in [5.41, 5.74) is 2.10. The fourth-order valence-corrected chi connectivity index (χ4v) is 3.30. The first-order chi connectivity index (χ1) is 11.6. The minimum Gasteiger partial charge on any atom is -0.360 e. The number of aromatic nitrogens is 1. The van der Waals surface area contributed by atoms with Crippen LogP contribution in [0.3, 0.4) is 0 Å². The van der Waals surface area contributed by atoms with Crippen LogP contribution >= 0.6 is 0 Å². The van der Waals surface area contributed by atoms with Gasteiger partial charge in [-0.15, -0.1) is 0 Å². The Morgan fingerprint density at radius 3 is 2.79 bits per heavy atom. The van der Waals surface area contributed by atoms with E-state index in [1.54, 1.807) is 0 Å². The molecule has 2 heterocycles. The first-order valence-electron chi connectivity index (χ1n) is 8.56. The number of hydrogen-bond donors (Lipinski definition) is 0. The first kappa shape index (κ1) is 16.7. The molecule has 0 bridgehead atoms. The van der Waals surface area contributed by atoms with E-state index in [4.69, 9.17) is 4.52 Å². The number of amides is 1. The van der Waals surface area contributed by atoms with Gasteiger partial charge in [-0.3, -0.25) is 9.69 Å². The van der Waals surface area contributed by atoms with Crippen molar-refractivity contribution in [2.45, 2.75) is 45.3 Å². The van der Waals surface area contributed by atoms with Gasteiger partial charge in [0.15, 0.2) is 5.76 Å². The van der Waals surface area contributed by atoms with Gasteiger partial charge < -0.3 is 9.42 Å². The van der Waals surface area contributed by atoms with Crippen molar-refractivity contribution in [3.63, 3.8) is 0 Å². The van der Waals surface area contributed by atoms with Gasteiger partial charge in [-0.25, -0.2) is 0 Å². The average Bonchev–Trinajstić information content (AvgIpc) is 2.89. The van der Waals surface area contributed by atoms with Crippen LogP contribution in [0.25, 0.3) is 0 Å². The minimum atomic E-state index is 0.255. The number of carbonyl (C=O) groups excluding carboxylic acids is 1. The van der Waals surface area contributed by atoms with E-state index in [1.807, 2.05) is 36.1 Å². The van der Waals surface area contributed by atoms with E-state index in [0.717, 1.165) is 37.4 Å². The monoisotopic (exact) mass is 327 g/mol. The van der Waals surface area contributed by atoms with Crippen LogP contribution in [0.4, 0.5) is 0 Å². The van der Waals surface area contributed by atoms with E-state index < -0.39 is 0 Å². The van der Waals surface area contributed by atoms with Gasteiger partial charge in [0, 0.05) is 31.6 Å². The zero-order valence-corrected chi connectivity index (χ0v) is 14.4. The van der Waals surface area contributed by atoms with E-state index >= 15 is 0 Å². The van der Waals surface area contributed by atoms with Crippen LogP contribution in [0.2, 0.25) is 0 Å². The molecule has 1 aromatic carbocycles. The summed E-state index contributed by atoms with van der Waals surface area (Å²) in [6.07, 6.45) is 2.49. The third-order valence-electron chi connectivity index (χ3n) is 4.70. The Bertz CT molecular complexity index is 668. The molecule has 1 atom stereocenters. The molecular formula is C19H25N3O2. The average molecular weight is 327 g/mol. The second-order valence-electron chi connectivity index (χ2n) is 6.63. The fourth-order valence-electron chi connectivity index (χ4n) is 3.30. The van der Waals surface area contributed by atoms with E-state index in [2.05, 4.69) is 29.2 Å². The molecule has 1 unspecified atom stereocenters. The Kier molecular flexibility index (Phi) is 5.30. The second kappa shape index (κ2) is 7.62. The third-order valence-corrected chi connectivity index (χ3v) is 4.70. The Morgan fingerprint density at radius 2 is 2.08 bits per heavy atom. The zero-order chi connectivity index (χ0) is 16.9. The highest BCUT2D eigenvalue weighted by atomic mass is 16.5. The van der Waals surface area contributed by atoms with E-state index in [0.29, 0.717) is 19.0 Å². The lowest BCUT2D eigenvalue weighted by Gasteiger charge is -2.26. The number of aryl methyl sites for hydroxylation is 1. The van der Waals surface area contributed by atoms with Crippen molar-refractivity contribution in [1.29, 1.82) is 0 Å². The maximum Gasteiger partial charge on any atom is 0.222 e. The smallest absolute Gasteiger partial charge is 0.222 e. The van der Waals surface area contributed by atoms with Crippen molar-refractivity contribution >= 4 is 5.91 Å². The summed E-state index contributed by atoms with van der Waals surface area (Å²) in [5, 5.41) is 3.94. The van der Waals surface area contributed by atoms with Crippen LogP contribution in [-0.2, 0) is 17.9 Å². The van der Waals surface area contributed by atoms with Gasteiger partial charge in [0.25, 0.3) is 0 Å². The van der Waals surface area contributed by atoms with Gasteiger partial charge in [-0.05, 0) is 32.4 Å². The molecule has 1 aliphatic rings. The Balaban J connectivity index is 1.58. The van der Waals surface area contributed by atoms with Gasteiger partial charge in [-0.2, -0.15) is 0 Å². The summed E-state index contributed by atoms with van der Waals surface area (Å²) in [7, 11) is 2.10. The Morgan fingerprint density at radius 1 is 1.29 bits per heavy atom. The number of likely N-dealkylation sites (tertiary alicyclic amines) is 1. The molecule has 2 aromatic rings. The lowest BCUT2D eigenvalue weighted by atomic mass is 10.1. The van der Waals surface area contributed by atoms with Crippen LogP contribution in [0.15, 0.2) is 40.9 Å².